The Morgan fingerprint density at radius 3 is 2.76 bits per heavy atom. The minimum Gasteiger partial charge on any atom is -0.429 e. The molecule has 0 amide bonds. The van der Waals surface area contributed by atoms with Crippen LogP contribution in [0.15, 0.2) is 23.3 Å². The Morgan fingerprint density at radius 1 is 1.24 bits per heavy atom. The van der Waals surface area contributed by atoms with Gasteiger partial charge in [-0.2, -0.15) is 0 Å². The first-order chi connectivity index (χ1) is 13.8. The lowest BCUT2D eigenvalue weighted by atomic mass is 9.50. The summed E-state index contributed by atoms with van der Waals surface area (Å²) in [5, 5.41) is 9.86. The van der Waals surface area contributed by atoms with Crippen molar-refractivity contribution in [3.05, 3.63) is 23.3 Å². The highest BCUT2D eigenvalue weighted by atomic mass is 16.6. The summed E-state index contributed by atoms with van der Waals surface area (Å²) in [6, 6.07) is 0. The summed E-state index contributed by atoms with van der Waals surface area (Å²) in [5.74, 6) is 1.21. The number of rotatable bonds is 4. The van der Waals surface area contributed by atoms with Crippen molar-refractivity contribution in [2.24, 2.45) is 28.1 Å². The second-order valence-corrected chi connectivity index (χ2v) is 11.1. The van der Waals surface area contributed by atoms with Crippen LogP contribution < -0.4 is 0 Å². The summed E-state index contributed by atoms with van der Waals surface area (Å²) < 4.78 is 10.8. The highest BCUT2D eigenvalue weighted by molar-refractivity contribution is 5.85. The van der Waals surface area contributed by atoms with Crippen LogP contribution in [0, 0.1) is 28.1 Å². The Hall–Kier alpha value is -1.13. The van der Waals surface area contributed by atoms with Gasteiger partial charge in [-0.15, -0.1) is 0 Å². The molecule has 0 aromatic carbocycles. The van der Waals surface area contributed by atoms with Gasteiger partial charge in [-0.1, -0.05) is 33.3 Å². The summed E-state index contributed by atoms with van der Waals surface area (Å²) in [5.41, 5.74) is 3.65. The predicted octanol–water partition coefficient (Wildman–Crippen LogP) is 4.92. The molecule has 2 aliphatic heterocycles. The van der Waals surface area contributed by atoms with Gasteiger partial charge < -0.3 is 14.6 Å². The Morgan fingerprint density at radius 2 is 2.07 bits per heavy atom. The van der Waals surface area contributed by atoms with Crippen LogP contribution in [0.4, 0.5) is 0 Å². The molecule has 0 aromatic heterocycles. The summed E-state index contributed by atoms with van der Waals surface area (Å²) in [7, 11) is 0. The lowest BCUT2D eigenvalue weighted by Gasteiger charge is -2.55. The van der Waals surface area contributed by atoms with E-state index in [4.69, 9.17) is 9.47 Å². The molecule has 3 fully saturated rings. The normalized spacial score (nSPS) is 48.9. The maximum Gasteiger partial charge on any atom is 0.333 e. The Balaban J connectivity index is 1.25. The Labute approximate surface area is 174 Å². The molecule has 3 aliphatic carbocycles. The highest BCUT2D eigenvalue weighted by Crippen LogP contribution is 2.80. The van der Waals surface area contributed by atoms with Gasteiger partial charge in [0.05, 0.1) is 12.7 Å². The molecule has 2 heterocycles. The van der Waals surface area contributed by atoms with E-state index >= 15 is 0 Å². The van der Waals surface area contributed by atoms with Crippen molar-refractivity contribution in [1.29, 1.82) is 0 Å². The molecule has 5 rings (SSSR count). The van der Waals surface area contributed by atoms with E-state index in [1.54, 1.807) is 0 Å². The van der Waals surface area contributed by atoms with Crippen LogP contribution in [0.3, 0.4) is 0 Å². The van der Waals surface area contributed by atoms with Crippen LogP contribution in [0.2, 0.25) is 0 Å². The maximum absolute atomic E-state index is 11.4. The van der Waals surface area contributed by atoms with E-state index in [-0.39, 0.29) is 6.10 Å². The molecule has 0 radical (unpaired) electrons. The number of cyclic esters (lactones) is 1. The van der Waals surface area contributed by atoms with Gasteiger partial charge in [-0.25, -0.2) is 4.79 Å². The smallest absolute Gasteiger partial charge is 0.333 e. The average molecular weight is 401 g/mol. The van der Waals surface area contributed by atoms with Crippen molar-refractivity contribution in [3.63, 3.8) is 0 Å². The summed E-state index contributed by atoms with van der Waals surface area (Å²) in [6.45, 7) is 8.24. The zero-order valence-electron chi connectivity index (χ0n) is 18.2. The molecule has 5 aliphatic rings. The molecule has 4 nitrogen and oxygen atoms in total. The largest absolute Gasteiger partial charge is 0.429 e. The number of aliphatic hydroxyl groups excluding tert-OH is 1. The van der Waals surface area contributed by atoms with Gasteiger partial charge in [0, 0.05) is 11.6 Å². The molecule has 160 valence electrons. The molecular weight excluding hydrogens is 364 g/mol. The minimum atomic E-state index is -1.14. The van der Waals surface area contributed by atoms with Crippen LogP contribution in [0.5, 0.6) is 0 Å². The van der Waals surface area contributed by atoms with Crippen molar-refractivity contribution >= 4 is 5.97 Å². The predicted molar refractivity (Wildman–Crippen MR) is 111 cm³/mol. The maximum atomic E-state index is 11.4. The number of esters is 1. The number of hydrogen-bond acceptors (Lipinski definition) is 4. The topological polar surface area (TPSA) is 55.8 Å². The van der Waals surface area contributed by atoms with Crippen LogP contribution in [0.1, 0.15) is 78.6 Å². The van der Waals surface area contributed by atoms with Crippen molar-refractivity contribution in [1.82, 2.24) is 0 Å². The number of ether oxygens (including phenoxy) is 2. The van der Waals surface area contributed by atoms with Crippen LogP contribution in [-0.2, 0) is 14.3 Å². The number of carbonyl (C=O) groups is 1. The molecule has 29 heavy (non-hydrogen) atoms. The number of hydrogen-bond donors (Lipinski definition) is 1. The quantitative estimate of drug-likeness (QED) is 0.538. The zero-order valence-corrected chi connectivity index (χ0v) is 18.2. The third kappa shape index (κ3) is 2.96. The fraction of sp³-hybridized carbons (Fsp3) is 0.800. The summed E-state index contributed by atoms with van der Waals surface area (Å²) in [6.07, 6.45) is 14.0. The Kier molecular flexibility index (Phi) is 4.57. The van der Waals surface area contributed by atoms with Gasteiger partial charge >= 0.3 is 5.97 Å². The van der Waals surface area contributed by atoms with E-state index in [1.165, 1.54) is 56.6 Å². The van der Waals surface area contributed by atoms with Gasteiger partial charge in [0.2, 0.25) is 6.29 Å². The first-order valence-corrected chi connectivity index (χ1v) is 11.7. The lowest BCUT2D eigenvalue weighted by Crippen LogP contribution is -2.47. The van der Waals surface area contributed by atoms with Gasteiger partial charge in [0.25, 0.3) is 0 Å². The highest BCUT2D eigenvalue weighted by Gasteiger charge is 2.72. The average Bonchev–Trinajstić information content (AvgIpc) is 3.19. The van der Waals surface area contributed by atoms with Crippen LogP contribution in [0.25, 0.3) is 0 Å². The first kappa shape index (κ1) is 19.8. The van der Waals surface area contributed by atoms with Crippen molar-refractivity contribution in [2.45, 2.75) is 91.0 Å². The molecule has 1 unspecified atom stereocenters. The number of carbonyl (C=O) groups excluding carboxylic acids is 1. The second-order valence-electron chi connectivity index (χ2n) is 11.1. The molecule has 0 saturated heterocycles. The molecule has 0 bridgehead atoms. The van der Waals surface area contributed by atoms with E-state index < -0.39 is 12.3 Å². The zero-order chi connectivity index (χ0) is 20.4. The van der Waals surface area contributed by atoms with Crippen molar-refractivity contribution in [3.8, 4) is 0 Å². The summed E-state index contributed by atoms with van der Waals surface area (Å²) >= 11 is 0. The fourth-order valence-electron chi connectivity index (χ4n) is 7.72. The van der Waals surface area contributed by atoms with E-state index in [0.29, 0.717) is 34.8 Å². The van der Waals surface area contributed by atoms with E-state index in [9.17, 15) is 9.90 Å². The SMILES string of the molecule is C[C@H]1CC[C@@]23C[C@]2(C)CCC[C@@H]3[C@@]1(C)CCC1=CC[C@H](C2=CC(=O)OC2O)OC1. The van der Waals surface area contributed by atoms with Crippen molar-refractivity contribution in [2.75, 3.05) is 6.61 Å². The second kappa shape index (κ2) is 6.68. The fourth-order valence-corrected chi connectivity index (χ4v) is 7.72. The molecule has 3 saturated carbocycles. The molecule has 0 aromatic rings. The van der Waals surface area contributed by atoms with E-state index in [1.807, 2.05) is 0 Å². The Bertz CT molecular complexity index is 769. The third-order valence-corrected chi connectivity index (χ3v) is 9.86. The number of aliphatic hydroxyl groups is 1. The molecule has 1 N–H and O–H groups in total. The molecule has 7 atom stereocenters. The third-order valence-electron chi connectivity index (χ3n) is 9.86. The standard InChI is InChI=1S/C25H36O4/c1-16-8-12-25-15-23(25,2)10-4-5-20(25)24(16,3)11-9-17-6-7-19(28-14-17)18-13-21(26)29-22(18)27/h6,13,16,19-20,22,27H,4-5,7-12,14-15H2,1-3H3/t16-,19+,20+,22?,23-,24-,25-/m0/s1. The summed E-state index contributed by atoms with van der Waals surface area (Å²) in [4.78, 5) is 11.4. The van der Waals surface area contributed by atoms with Gasteiger partial charge in [-0.3, -0.25) is 0 Å². The van der Waals surface area contributed by atoms with Crippen molar-refractivity contribution < 1.29 is 19.4 Å². The monoisotopic (exact) mass is 400 g/mol. The van der Waals surface area contributed by atoms with E-state index in [2.05, 4.69) is 26.8 Å². The van der Waals surface area contributed by atoms with Gasteiger partial charge in [0.1, 0.15) is 0 Å². The molecular formula is C25H36O4. The first-order valence-electron chi connectivity index (χ1n) is 11.7. The molecule has 1 spiro atoms. The molecule has 4 heteroatoms. The minimum absolute atomic E-state index is 0.238. The van der Waals surface area contributed by atoms with Crippen LogP contribution >= 0.6 is 0 Å². The lowest BCUT2D eigenvalue weighted by molar-refractivity contribution is -0.152. The van der Waals surface area contributed by atoms with Gasteiger partial charge in [0.15, 0.2) is 0 Å². The van der Waals surface area contributed by atoms with Crippen LogP contribution in [-0.4, -0.2) is 30.1 Å². The van der Waals surface area contributed by atoms with E-state index in [0.717, 1.165) is 18.3 Å². The van der Waals surface area contributed by atoms with Gasteiger partial charge in [-0.05, 0) is 85.0 Å².